The summed E-state index contributed by atoms with van der Waals surface area (Å²) < 4.78 is 12.1. The van der Waals surface area contributed by atoms with E-state index in [1.807, 2.05) is 41.5 Å². The van der Waals surface area contributed by atoms with Crippen LogP contribution in [0.2, 0.25) is 5.02 Å². The molecule has 0 saturated carbocycles. The van der Waals surface area contributed by atoms with E-state index in [-0.39, 0.29) is 88.2 Å². The summed E-state index contributed by atoms with van der Waals surface area (Å²) in [6.45, 7) is 22.2. The fourth-order valence-electron chi connectivity index (χ4n) is 13.3. The summed E-state index contributed by atoms with van der Waals surface area (Å²) >= 11 is 6.56. The predicted octanol–water partition coefficient (Wildman–Crippen LogP) is 4.46. The Balaban J connectivity index is 2.01. The van der Waals surface area contributed by atoms with E-state index in [4.69, 9.17) is 21.1 Å². The van der Waals surface area contributed by atoms with Crippen molar-refractivity contribution < 1.29 is 77.2 Å². The number of piperidine rings is 1. The highest BCUT2D eigenvalue weighted by atomic mass is 35.5. The quantitative estimate of drug-likeness (QED) is 0.107. The normalized spacial score (nSPS) is 24.8. The van der Waals surface area contributed by atoms with Gasteiger partial charge in [-0.05, 0) is 133 Å². The van der Waals surface area contributed by atoms with Crippen molar-refractivity contribution in [2.24, 2.45) is 23.7 Å². The van der Waals surface area contributed by atoms with E-state index in [2.05, 4.69) is 21.3 Å². The van der Waals surface area contributed by atoms with Gasteiger partial charge in [0.05, 0.1) is 44.1 Å². The van der Waals surface area contributed by atoms with Gasteiger partial charge in [-0.25, -0.2) is 0 Å². The molecule has 6 N–H and O–H groups in total. The Kier molecular flexibility index (Phi) is 37.3. The minimum atomic E-state index is -1.73. The van der Waals surface area contributed by atoms with Gasteiger partial charge in [-0.1, -0.05) is 109 Å². The van der Waals surface area contributed by atoms with E-state index in [9.17, 15) is 29.4 Å². The first-order valence-corrected chi connectivity index (χ1v) is 38.5. The number of likely N-dealkylation sites (tertiary alicyclic amines) is 1. The zero-order valence-corrected chi connectivity index (χ0v) is 68.5. The van der Waals surface area contributed by atoms with Crippen molar-refractivity contribution in [3.8, 4) is 0 Å². The maximum Gasteiger partial charge on any atom is 0.248 e. The highest BCUT2D eigenvalue weighted by Gasteiger charge is 2.45. The van der Waals surface area contributed by atoms with Crippen LogP contribution in [-0.2, 0) is 79.8 Å². The molecule has 12 atom stereocenters. The van der Waals surface area contributed by atoms with E-state index in [0.717, 1.165) is 26.0 Å². The number of hydrogen-bond acceptors (Lipinski definition) is 16. The van der Waals surface area contributed by atoms with Crippen molar-refractivity contribution in [3.05, 3.63) is 70.7 Å². The Hall–Kier alpha value is -7.79. The molecule has 2 aliphatic rings. The Morgan fingerprint density at radius 1 is 0.491 bits per heavy atom. The summed E-state index contributed by atoms with van der Waals surface area (Å²) in [5, 5.41) is 33.4. The smallest absolute Gasteiger partial charge is 0.248 e. The van der Waals surface area contributed by atoms with Crippen LogP contribution in [0.4, 0.5) is 0 Å². The van der Waals surface area contributed by atoms with Crippen LogP contribution in [0.1, 0.15) is 165 Å². The molecule has 4 rings (SSSR count). The van der Waals surface area contributed by atoms with Gasteiger partial charge in [0.25, 0.3) is 0 Å². The van der Waals surface area contributed by atoms with Crippen LogP contribution in [0, 0.1) is 23.7 Å². The van der Waals surface area contributed by atoms with Gasteiger partial charge in [0.1, 0.15) is 60.4 Å². The number of carbonyl (C=O) groups is 12. The molecule has 28 nitrogen and oxygen atoms in total. The van der Waals surface area contributed by atoms with Crippen LogP contribution in [0.25, 0.3) is 0 Å². The molecule has 2 heterocycles. The van der Waals surface area contributed by atoms with Crippen LogP contribution < -0.4 is 21.3 Å². The fraction of sp³-hybridized carbons (Fsp3) is 0.696. The van der Waals surface area contributed by atoms with E-state index in [1.54, 1.807) is 94.1 Å². The van der Waals surface area contributed by atoms with Crippen molar-refractivity contribution >= 4 is 82.5 Å². The molecule has 0 bridgehead atoms. The topological polar surface area (TPSA) is 338 Å². The number of rotatable bonds is 20. The lowest BCUT2D eigenvalue weighted by Gasteiger charge is -2.38. The number of nitrogens with zero attached hydrogens (tertiary/aromatic N) is 8. The molecule has 12 amide bonds. The first kappa shape index (κ1) is 92.6. The third-order valence-electron chi connectivity index (χ3n) is 19.7. The monoisotopic (exact) mass is 1530 g/mol. The second kappa shape index (κ2) is 43.6. The lowest BCUT2D eigenvalue weighted by molar-refractivity contribution is -0.152. The first-order chi connectivity index (χ1) is 50.5. The second-order valence-corrected chi connectivity index (χ2v) is 32.6. The van der Waals surface area contributed by atoms with Crippen molar-refractivity contribution in [2.75, 3.05) is 88.8 Å². The first-order valence-electron chi connectivity index (χ1n) is 38.2. The van der Waals surface area contributed by atoms with Crippen LogP contribution >= 0.6 is 11.6 Å². The second-order valence-electron chi connectivity index (χ2n) is 32.1. The summed E-state index contributed by atoms with van der Waals surface area (Å²) in [5.41, 5.74) is 0.163. The summed E-state index contributed by atoms with van der Waals surface area (Å²) in [7, 11) is 9.82. The molecule has 606 valence electrons. The van der Waals surface area contributed by atoms with Crippen molar-refractivity contribution in [1.82, 2.24) is 60.5 Å². The van der Waals surface area contributed by atoms with Gasteiger partial charge in [-0.3, -0.25) is 57.5 Å². The molecule has 0 unspecified atom stereocenters. The van der Waals surface area contributed by atoms with E-state index in [0.29, 0.717) is 42.1 Å². The number of aliphatic hydroxyl groups excluding tert-OH is 2. The summed E-state index contributed by atoms with van der Waals surface area (Å²) in [6.07, 6.45) is -1.03. The number of ether oxygens (including phenoxy) is 2. The number of carbonyl (C=O) groups excluding carboxylic acids is 12. The Bertz CT molecular complexity index is 3330. The lowest BCUT2D eigenvalue weighted by Crippen LogP contribution is -2.63. The van der Waals surface area contributed by atoms with Crippen molar-refractivity contribution in [1.29, 1.82) is 0 Å². The lowest BCUT2D eigenvalue weighted by atomic mass is 9.96. The molecule has 2 saturated heterocycles. The Morgan fingerprint density at radius 2 is 0.935 bits per heavy atom. The zero-order valence-electron chi connectivity index (χ0n) is 67.7. The van der Waals surface area contributed by atoms with Gasteiger partial charge < -0.3 is 80.2 Å². The molecule has 0 aliphatic carbocycles. The highest BCUT2D eigenvalue weighted by Crippen LogP contribution is 2.25. The van der Waals surface area contributed by atoms with Gasteiger partial charge >= 0.3 is 0 Å². The maximum absolute atomic E-state index is 15.8. The van der Waals surface area contributed by atoms with Crippen LogP contribution in [0.3, 0.4) is 0 Å². The minimum absolute atomic E-state index is 0.00407. The van der Waals surface area contributed by atoms with Crippen LogP contribution in [-0.4, -0.2) is 287 Å². The highest BCUT2D eigenvalue weighted by molar-refractivity contribution is 6.30. The molecule has 2 fully saturated rings. The number of benzene rings is 2. The SMILES string of the molecule is CC(C)C[C@H]1C(=O)N[C@@H](COC[C@@H](C)O)C(=O)N(C)[C@@H](Cc2ccccc2)C(=O)N(C)[C@@H](Cc2cccc(Cl)c2)C(=O)N[C@@H](COC(C)(C)C)C(=O)N(C)[C@@H](CC(C)C)C(=O)N[C@@H]([C@@H](C)O)C(=O)N(C)[C@@H](CC(C)C)C(=O)N(C)[C@@H](CC(C)C)C(=O)N[C@H](C(=O)N2CCCCC2)CC(=O)N(C)CCCC(=O)N1C. The summed E-state index contributed by atoms with van der Waals surface area (Å²) in [4.78, 5) is 191. The van der Waals surface area contributed by atoms with Gasteiger partial charge in [0.2, 0.25) is 70.9 Å². The van der Waals surface area contributed by atoms with E-state index in [1.165, 1.54) is 77.9 Å². The summed E-state index contributed by atoms with van der Waals surface area (Å²) in [5.74, 6) is -9.71. The third-order valence-corrected chi connectivity index (χ3v) is 19.9. The van der Waals surface area contributed by atoms with Crippen LogP contribution in [0.5, 0.6) is 0 Å². The molecule has 2 aromatic carbocycles. The molecular formula is C79H127ClN12O16. The molecule has 0 aromatic heterocycles. The number of amides is 12. The predicted molar refractivity (Wildman–Crippen MR) is 412 cm³/mol. The number of aliphatic hydroxyl groups is 2. The standard InChI is InChI=1S/C79H127ClN12O16/c1-48(2)37-60-69(97)82-58(46-107-45-52(9)93)73(101)90(19)65(42-54-29-23-21-24-30-54)77(105)89(18)63(43-55-31-27-32-56(80)41-55)71(99)83-59(47-108-79(11,12)13)74(102)87(16)62(39-50(5)6)72(100)84-68(53(10)94)78(106)91(20)64(40-51(7)8)76(104)88(17)61(38-49(3)4)70(98)81-57(75(103)92-35-25-22-26-36-92)44-67(96)85(14)34-28-33-66(95)86(60)15/h21,23-24,27,29-32,41,48-53,57-65,68,93-94H,22,25-26,28,33-40,42-47H2,1-20H3,(H,81,98)(H,82,97)(H,83,99)(H,84,100)/t52-,53-,57+,58+,59+,60+,61+,62+,63+,64+,65+,68+/m1/s1. The van der Waals surface area contributed by atoms with E-state index >= 15 is 38.4 Å². The zero-order chi connectivity index (χ0) is 81.4. The number of halogens is 1. The number of hydrogen-bond donors (Lipinski definition) is 6. The summed E-state index contributed by atoms with van der Waals surface area (Å²) in [6, 6.07) is 1.04. The average Bonchev–Trinajstić information content (AvgIpc) is 0.811. The number of nitrogens with one attached hydrogen (secondary N) is 4. The van der Waals surface area contributed by atoms with Crippen molar-refractivity contribution in [2.45, 2.75) is 245 Å². The molecule has 108 heavy (non-hydrogen) atoms. The van der Waals surface area contributed by atoms with E-state index < -0.39 is 169 Å². The molecule has 2 aromatic rings. The number of likely N-dealkylation sites (N-methyl/N-ethyl adjacent to an activating group) is 6. The molecule has 0 spiro atoms. The molecular weight excluding hydrogens is 1410 g/mol. The van der Waals surface area contributed by atoms with Gasteiger partial charge in [-0.15, -0.1) is 0 Å². The van der Waals surface area contributed by atoms with Crippen molar-refractivity contribution in [3.63, 3.8) is 0 Å². The molecule has 2 aliphatic heterocycles. The van der Waals surface area contributed by atoms with Crippen LogP contribution in [0.15, 0.2) is 54.6 Å². The average molecular weight is 1540 g/mol. The van der Waals surface area contributed by atoms with Gasteiger partial charge in [0.15, 0.2) is 0 Å². The fourth-order valence-corrected chi connectivity index (χ4v) is 13.5. The maximum atomic E-state index is 15.8. The third kappa shape index (κ3) is 28.6. The Labute approximate surface area is 645 Å². The molecule has 0 radical (unpaired) electrons. The largest absolute Gasteiger partial charge is 0.391 e. The van der Waals surface area contributed by atoms with Gasteiger partial charge in [0, 0.05) is 93.3 Å². The molecule has 29 heteroatoms. The minimum Gasteiger partial charge on any atom is -0.391 e. The Morgan fingerprint density at radius 3 is 1.45 bits per heavy atom. The van der Waals surface area contributed by atoms with Gasteiger partial charge in [-0.2, -0.15) is 0 Å².